The molecule has 1 unspecified atom stereocenters. The van der Waals surface area contributed by atoms with Crippen LogP contribution in [-0.2, 0) is 11.2 Å². The molecular formula is C20H27Cl2FN4O2. The molecule has 2 aromatic rings. The molecule has 1 N–H and O–H groups in total. The van der Waals surface area contributed by atoms with Crippen molar-refractivity contribution in [1.82, 2.24) is 20.1 Å². The number of nitrogens with one attached hydrogen (secondary N) is 1. The Bertz CT molecular complexity index is 798. The molecule has 160 valence electrons. The molecule has 0 spiro atoms. The Morgan fingerprint density at radius 1 is 1.21 bits per heavy atom. The molecule has 1 atom stereocenters. The van der Waals surface area contributed by atoms with Crippen molar-refractivity contribution in [3.8, 4) is 11.3 Å². The van der Waals surface area contributed by atoms with Crippen LogP contribution in [0.15, 0.2) is 34.9 Å². The molecule has 0 saturated carbocycles. The molecule has 4 rings (SSSR count). The molecule has 3 heterocycles. The van der Waals surface area contributed by atoms with Gasteiger partial charge in [-0.25, -0.2) is 9.37 Å². The maximum Gasteiger partial charge on any atom is 0.223 e. The smallest absolute Gasteiger partial charge is 0.223 e. The van der Waals surface area contributed by atoms with E-state index in [1.54, 1.807) is 18.2 Å². The Morgan fingerprint density at radius 2 is 1.97 bits per heavy atom. The average Bonchev–Trinajstić information content (AvgIpc) is 3.37. The van der Waals surface area contributed by atoms with E-state index < -0.39 is 0 Å². The fourth-order valence-electron chi connectivity index (χ4n) is 3.90. The van der Waals surface area contributed by atoms with Gasteiger partial charge in [-0.3, -0.25) is 9.69 Å². The third-order valence-electron chi connectivity index (χ3n) is 5.43. The molecule has 1 amide bonds. The van der Waals surface area contributed by atoms with Gasteiger partial charge in [0, 0.05) is 58.2 Å². The van der Waals surface area contributed by atoms with E-state index in [1.165, 1.54) is 12.3 Å². The number of halogens is 3. The van der Waals surface area contributed by atoms with Crippen LogP contribution >= 0.6 is 24.8 Å². The van der Waals surface area contributed by atoms with Crippen LogP contribution in [-0.4, -0.2) is 66.0 Å². The zero-order valence-corrected chi connectivity index (χ0v) is 17.8. The van der Waals surface area contributed by atoms with Gasteiger partial charge in [0.05, 0.1) is 11.8 Å². The van der Waals surface area contributed by atoms with Gasteiger partial charge in [-0.1, -0.05) is 12.1 Å². The van der Waals surface area contributed by atoms with E-state index in [-0.39, 0.29) is 36.5 Å². The summed E-state index contributed by atoms with van der Waals surface area (Å²) >= 11 is 0. The zero-order chi connectivity index (χ0) is 18.6. The fourth-order valence-corrected chi connectivity index (χ4v) is 3.90. The normalized spacial score (nSPS) is 19.5. The van der Waals surface area contributed by atoms with Gasteiger partial charge in [0.15, 0.2) is 11.7 Å². The third kappa shape index (κ3) is 5.69. The number of rotatable bonds is 5. The summed E-state index contributed by atoms with van der Waals surface area (Å²) in [7, 11) is 0. The molecule has 29 heavy (non-hydrogen) atoms. The monoisotopic (exact) mass is 444 g/mol. The first-order valence-corrected chi connectivity index (χ1v) is 9.63. The number of hydrogen-bond acceptors (Lipinski definition) is 5. The molecule has 2 aliphatic rings. The van der Waals surface area contributed by atoms with Crippen LogP contribution in [0.4, 0.5) is 4.39 Å². The molecule has 9 heteroatoms. The summed E-state index contributed by atoms with van der Waals surface area (Å²) in [6, 6.07) is 6.92. The molecule has 1 aromatic carbocycles. The molecule has 1 aromatic heterocycles. The number of likely N-dealkylation sites (tertiary alicyclic amines) is 1. The maximum atomic E-state index is 13.8. The molecular weight excluding hydrogens is 418 g/mol. The van der Waals surface area contributed by atoms with Crippen molar-refractivity contribution in [1.29, 1.82) is 0 Å². The highest BCUT2D eigenvalue weighted by atomic mass is 35.5. The Morgan fingerprint density at radius 3 is 2.72 bits per heavy atom. The minimum absolute atomic E-state index is 0. The van der Waals surface area contributed by atoms with Gasteiger partial charge in [0.1, 0.15) is 5.82 Å². The van der Waals surface area contributed by atoms with Crippen LogP contribution in [0.3, 0.4) is 0 Å². The summed E-state index contributed by atoms with van der Waals surface area (Å²) in [4.78, 5) is 21.2. The first-order chi connectivity index (χ1) is 13.2. The number of aromatic nitrogens is 1. The molecule has 2 aliphatic heterocycles. The van der Waals surface area contributed by atoms with Crippen LogP contribution in [0, 0.1) is 5.82 Å². The van der Waals surface area contributed by atoms with Crippen LogP contribution in [0.2, 0.25) is 0 Å². The number of benzene rings is 1. The average molecular weight is 445 g/mol. The van der Waals surface area contributed by atoms with Gasteiger partial charge in [0.2, 0.25) is 5.91 Å². The second kappa shape index (κ2) is 10.9. The van der Waals surface area contributed by atoms with Crippen molar-refractivity contribution in [3.63, 3.8) is 0 Å². The third-order valence-corrected chi connectivity index (χ3v) is 5.43. The van der Waals surface area contributed by atoms with Gasteiger partial charge in [-0.15, -0.1) is 24.8 Å². The first kappa shape index (κ1) is 23.6. The van der Waals surface area contributed by atoms with Gasteiger partial charge in [0.25, 0.3) is 0 Å². The molecule has 2 fully saturated rings. The van der Waals surface area contributed by atoms with Crippen LogP contribution in [0.5, 0.6) is 0 Å². The topological polar surface area (TPSA) is 61.6 Å². The second-order valence-electron chi connectivity index (χ2n) is 7.17. The van der Waals surface area contributed by atoms with Gasteiger partial charge < -0.3 is 14.6 Å². The molecule has 0 bridgehead atoms. The minimum Gasteiger partial charge on any atom is -0.441 e. The predicted molar refractivity (Wildman–Crippen MR) is 114 cm³/mol. The Labute approximate surface area is 182 Å². The van der Waals surface area contributed by atoms with Crippen molar-refractivity contribution < 1.29 is 13.6 Å². The van der Waals surface area contributed by atoms with E-state index in [1.807, 2.05) is 4.90 Å². The number of piperazine rings is 1. The van der Waals surface area contributed by atoms with Crippen LogP contribution in [0.25, 0.3) is 11.3 Å². The lowest BCUT2D eigenvalue weighted by Crippen LogP contribution is -2.49. The van der Waals surface area contributed by atoms with Gasteiger partial charge >= 0.3 is 0 Å². The van der Waals surface area contributed by atoms with Crippen molar-refractivity contribution >= 4 is 30.7 Å². The zero-order valence-electron chi connectivity index (χ0n) is 16.2. The summed E-state index contributed by atoms with van der Waals surface area (Å²) in [5, 5.41) is 3.36. The summed E-state index contributed by atoms with van der Waals surface area (Å²) in [5.41, 5.74) is 0.390. The van der Waals surface area contributed by atoms with E-state index in [0.717, 1.165) is 45.7 Å². The van der Waals surface area contributed by atoms with Crippen molar-refractivity contribution in [2.24, 2.45) is 0 Å². The van der Waals surface area contributed by atoms with Crippen molar-refractivity contribution in [3.05, 3.63) is 42.2 Å². The number of oxazole rings is 1. The van der Waals surface area contributed by atoms with Crippen LogP contribution < -0.4 is 5.32 Å². The predicted octanol–water partition coefficient (Wildman–Crippen LogP) is 2.76. The number of aryl methyl sites for hydroxylation is 1. The largest absolute Gasteiger partial charge is 0.441 e. The molecule has 6 nitrogen and oxygen atoms in total. The summed E-state index contributed by atoms with van der Waals surface area (Å²) < 4.78 is 19.5. The van der Waals surface area contributed by atoms with E-state index >= 15 is 0 Å². The van der Waals surface area contributed by atoms with Crippen molar-refractivity contribution in [2.45, 2.75) is 25.3 Å². The summed E-state index contributed by atoms with van der Waals surface area (Å²) in [5.74, 6) is 0.667. The Balaban J connectivity index is 0.00000150. The summed E-state index contributed by atoms with van der Waals surface area (Å²) in [6.45, 7) is 5.80. The van der Waals surface area contributed by atoms with Gasteiger partial charge in [-0.05, 0) is 18.6 Å². The lowest BCUT2D eigenvalue weighted by atomic mass is 10.2. The highest BCUT2D eigenvalue weighted by molar-refractivity contribution is 5.85. The number of hydrogen-bond donors (Lipinski definition) is 1. The number of carbonyl (C=O) groups is 1. The van der Waals surface area contributed by atoms with Crippen molar-refractivity contribution in [2.75, 3.05) is 39.3 Å². The Kier molecular flexibility index (Phi) is 8.89. The molecule has 0 aliphatic carbocycles. The number of carbonyl (C=O) groups excluding carboxylic acids is 1. The van der Waals surface area contributed by atoms with E-state index in [0.29, 0.717) is 36.1 Å². The minimum atomic E-state index is -0.340. The fraction of sp³-hybridized carbons (Fsp3) is 0.500. The molecule has 2 saturated heterocycles. The number of amides is 1. The lowest BCUT2D eigenvalue weighted by molar-refractivity contribution is -0.130. The molecule has 0 radical (unpaired) electrons. The second-order valence-corrected chi connectivity index (χ2v) is 7.17. The highest BCUT2D eigenvalue weighted by Gasteiger charge is 2.30. The van der Waals surface area contributed by atoms with E-state index in [9.17, 15) is 9.18 Å². The summed E-state index contributed by atoms with van der Waals surface area (Å²) in [6.07, 6.45) is 3.37. The standard InChI is InChI=1S/C20H25FN4O2.2ClH/c21-17-4-2-1-3-16(17)18-13-23-19(27-18)5-6-20(26)25-10-7-15(14-25)24-11-8-22-9-12-24;;/h1-4,13,15,22H,5-12,14H2;2*1H. The van der Waals surface area contributed by atoms with E-state index in [4.69, 9.17) is 4.42 Å². The van der Waals surface area contributed by atoms with E-state index in [2.05, 4.69) is 15.2 Å². The van der Waals surface area contributed by atoms with Crippen LogP contribution in [0.1, 0.15) is 18.7 Å². The Hall–Kier alpha value is -1.67. The number of nitrogens with zero attached hydrogens (tertiary/aromatic N) is 3. The first-order valence-electron chi connectivity index (χ1n) is 9.63. The maximum absolute atomic E-state index is 13.8. The SMILES string of the molecule is Cl.Cl.O=C(CCc1ncc(-c2ccccc2F)o1)N1CCC(N2CCNCC2)C1. The quantitative estimate of drug-likeness (QED) is 0.767. The van der Waals surface area contributed by atoms with Gasteiger partial charge in [-0.2, -0.15) is 0 Å². The lowest BCUT2D eigenvalue weighted by Gasteiger charge is -2.32. The highest BCUT2D eigenvalue weighted by Crippen LogP contribution is 2.24.